The molecule has 0 N–H and O–H groups in total. The molecule has 0 heterocycles. The van der Waals surface area contributed by atoms with Gasteiger partial charge in [-0.25, -0.2) is 0 Å². The maximum Gasteiger partial charge on any atom is 0.306 e. The highest BCUT2D eigenvalue weighted by Crippen LogP contribution is 2.16. The van der Waals surface area contributed by atoms with E-state index in [0.29, 0.717) is 12.8 Å². The van der Waals surface area contributed by atoms with Gasteiger partial charge in [-0.05, 0) is 128 Å². The minimum absolute atomic E-state index is 0.0981. The summed E-state index contributed by atoms with van der Waals surface area (Å²) in [4.78, 5) is 38.3. The summed E-state index contributed by atoms with van der Waals surface area (Å²) >= 11 is 0. The molecule has 448 valence electrons. The van der Waals surface area contributed by atoms with Gasteiger partial charge in [0.15, 0.2) is 6.10 Å². The minimum Gasteiger partial charge on any atom is -0.462 e. The summed E-state index contributed by atoms with van der Waals surface area (Å²) < 4.78 is 16.9. The van der Waals surface area contributed by atoms with Crippen molar-refractivity contribution in [2.75, 3.05) is 13.2 Å². The second-order valence-electron chi connectivity index (χ2n) is 21.3. The number of carbonyl (C=O) groups excluding carboxylic acids is 3. The quantitative estimate of drug-likeness (QED) is 0.0261. The molecule has 79 heavy (non-hydrogen) atoms. The highest BCUT2D eigenvalue weighted by atomic mass is 16.6. The highest BCUT2D eigenvalue weighted by molar-refractivity contribution is 5.71. The van der Waals surface area contributed by atoms with E-state index < -0.39 is 6.10 Å². The number of carbonyl (C=O) groups is 3. The van der Waals surface area contributed by atoms with Crippen LogP contribution in [0.2, 0.25) is 0 Å². The van der Waals surface area contributed by atoms with Crippen LogP contribution >= 0.6 is 0 Å². The summed E-state index contributed by atoms with van der Waals surface area (Å²) in [6, 6.07) is 0. The molecule has 0 aromatic carbocycles. The zero-order chi connectivity index (χ0) is 57.1. The smallest absolute Gasteiger partial charge is 0.306 e. The lowest BCUT2D eigenvalue weighted by Crippen LogP contribution is -2.30. The molecule has 1 unspecified atom stereocenters. The predicted molar refractivity (Wildman–Crippen MR) is 343 cm³/mol. The summed E-state index contributed by atoms with van der Waals surface area (Å²) in [6.45, 7) is 6.32. The molecule has 0 aliphatic carbocycles. The molecule has 0 saturated carbocycles. The summed E-state index contributed by atoms with van der Waals surface area (Å²) in [5.41, 5.74) is 0. The van der Waals surface area contributed by atoms with Crippen LogP contribution in [0.3, 0.4) is 0 Å². The first-order valence-corrected chi connectivity index (χ1v) is 32.7. The zero-order valence-corrected chi connectivity index (χ0v) is 51.3. The first-order valence-electron chi connectivity index (χ1n) is 32.7. The molecule has 0 fully saturated rings. The van der Waals surface area contributed by atoms with Crippen LogP contribution < -0.4 is 0 Å². The maximum atomic E-state index is 12.9. The van der Waals surface area contributed by atoms with Crippen molar-refractivity contribution in [2.24, 2.45) is 0 Å². The highest BCUT2D eigenvalue weighted by Gasteiger charge is 2.19. The van der Waals surface area contributed by atoms with E-state index in [1.54, 1.807) is 0 Å². The van der Waals surface area contributed by atoms with Gasteiger partial charge < -0.3 is 14.2 Å². The molecule has 0 aromatic rings. The van der Waals surface area contributed by atoms with Gasteiger partial charge in [-0.3, -0.25) is 14.4 Å². The molecular weight excluding hydrogens is 973 g/mol. The average molecular weight is 1090 g/mol. The van der Waals surface area contributed by atoms with Crippen LogP contribution in [0.4, 0.5) is 0 Å². The van der Waals surface area contributed by atoms with Crippen molar-refractivity contribution in [3.8, 4) is 0 Å². The van der Waals surface area contributed by atoms with Gasteiger partial charge in [-0.2, -0.15) is 0 Å². The van der Waals surface area contributed by atoms with E-state index in [2.05, 4.69) is 154 Å². The van der Waals surface area contributed by atoms with Crippen molar-refractivity contribution < 1.29 is 28.6 Å². The Labute approximate surface area is 487 Å². The minimum atomic E-state index is -0.806. The lowest BCUT2D eigenvalue weighted by atomic mass is 10.0. The number of hydrogen-bond acceptors (Lipinski definition) is 6. The van der Waals surface area contributed by atoms with Gasteiger partial charge in [0.1, 0.15) is 13.2 Å². The van der Waals surface area contributed by atoms with Gasteiger partial charge in [0.05, 0.1) is 0 Å². The molecule has 0 saturated heterocycles. The largest absolute Gasteiger partial charge is 0.462 e. The van der Waals surface area contributed by atoms with E-state index in [1.165, 1.54) is 96.3 Å². The maximum absolute atomic E-state index is 12.9. The molecular formula is C73H120O6. The van der Waals surface area contributed by atoms with Crippen molar-refractivity contribution in [2.45, 2.75) is 297 Å². The Morgan fingerprint density at radius 3 is 0.785 bits per heavy atom. The third kappa shape index (κ3) is 64.3. The number of ether oxygens (including phenoxy) is 3. The van der Waals surface area contributed by atoms with Gasteiger partial charge in [0.2, 0.25) is 0 Å². The van der Waals surface area contributed by atoms with Crippen LogP contribution in [0.1, 0.15) is 290 Å². The number of hydrogen-bond donors (Lipinski definition) is 0. The fraction of sp³-hybridized carbons (Fsp3) is 0.658. The fourth-order valence-corrected chi connectivity index (χ4v) is 8.79. The summed E-state index contributed by atoms with van der Waals surface area (Å²) in [5, 5.41) is 0. The van der Waals surface area contributed by atoms with Gasteiger partial charge >= 0.3 is 17.9 Å². The first-order chi connectivity index (χ1) is 39.0. The lowest BCUT2D eigenvalue weighted by molar-refractivity contribution is -0.167. The van der Waals surface area contributed by atoms with E-state index in [9.17, 15) is 14.4 Å². The number of allylic oxidation sites excluding steroid dienone is 22. The van der Waals surface area contributed by atoms with Crippen LogP contribution in [-0.4, -0.2) is 37.2 Å². The second-order valence-corrected chi connectivity index (χ2v) is 21.3. The zero-order valence-electron chi connectivity index (χ0n) is 51.3. The molecule has 0 rings (SSSR count). The third-order valence-corrected chi connectivity index (χ3v) is 13.6. The Morgan fingerprint density at radius 1 is 0.266 bits per heavy atom. The van der Waals surface area contributed by atoms with E-state index in [-0.39, 0.29) is 37.5 Å². The lowest BCUT2D eigenvalue weighted by Gasteiger charge is -2.18. The van der Waals surface area contributed by atoms with Crippen molar-refractivity contribution >= 4 is 17.9 Å². The standard InChI is InChI=1S/C73H120O6/c1-4-7-10-13-16-19-22-25-27-29-31-32-33-34-35-36-37-38-39-40-42-43-45-48-51-54-57-60-63-66-72(75)78-69-70(68-77-71(74)65-62-59-56-53-50-47-24-21-18-15-12-9-6-3)79-73(76)67-64-61-58-55-52-49-46-44-41-30-28-26-23-20-17-14-11-8-5-2/h7-8,10-12,15-17,19-21,24-28,31-32,41,44,49,52,70H,4-6,9,13-14,18,22-23,29-30,33-40,42-43,45-48,50-51,53-69H2,1-3H3/b10-7-,11-8-,15-12-,19-16-,20-17-,24-21-,27-25-,28-26-,32-31-,44-41-,52-49-. The molecule has 0 aromatic heterocycles. The topological polar surface area (TPSA) is 78.9 Å². The normalized spacial score (nSPS) is 13.0. The summed E-state index contributed by atoms with van der Waals surface area (Å²) in [6.07, 6.45) is 93.3. The number of rotatable bonds is 58. The molecule has 6 heteroatoms. The SMILES string of the molecule is CC/C=C\C/C=C\C/C=C\C/C=C\C/C=C\CCCCCC(=O)OC(COC(=O)CCCCCCC/C=C\C/C=C\CCC)COC(=O)CCCCCCCCCCCCCCCCCC/C=C\C/C=C\C/C=C\C/C=C\CC. The van der Waals surface area contributed by atoms with Crippen LogP contribution in [0.15, 0.2) is 134 Å². The number of esters is 3. The van der Waals surface area contributed by atoms with E-state index in [4.69, 9.17) is 14.2 Å². The molecule has 6 nitrogen and oxygen atoms in total. The molecule has 1 atom stereocenters. The molecule has 0 spiro atoms. The van der Waals surface area contributed by atoms with Crippen molar-refractivity contribution in [3.05, 3.63) is 134 Å². The summed E-state index contributed by atoms with van der Waals surface area (Å²) in [5.74, 6) is -0.942. The van der Waals surface area contributed by atoms with Gasteiger partial charge in [-0.15, -0.1) is 0 Å². The van der Waals surface area contributed by atoms with Crippen molar-refractivity contribution in [1.82, 2.24) is 0 Å². The van der Waals surface area contributed by atoms with E-state index in [1.807, 2.05) is 0 Å². The van der Waals surface area contributed by atoms with Crippen LogP contribution in [0.25, 0.3) is 0 Å². The van der Waals surface area contributed by atoms with Crippen LogP contribution in [0, 0.1) is 0 Å². The van der Waals surface area contributed by atoms with Gasteiger partial charge in [0.25, 0.3) is 0 Å². The summed E-state index contributed by atoms with van der Waals surface area (Å²) in [7, 11) is 0. The molecule has 0 bridgehead atoms. The molecule has 0 amide bonds. The number of unbranched alkanes of at least 4 members (excludes halogenated alkanes) is 25. The van der Waals surface area contributed by atoms with E-state index >= 15 is 0 Å². The Morgan fingerprint density at radius 2 is 0.494 bits per heavy atom. The average Bonchev–Trinajstić information content (AvgIpc) is 3.45. The van der Waals surface area contributed by atoms with Crippen LogP contribution in [-0.2, 0) is 28.6 Å². The Kier molecular flexibility index (Phi) is 62.3. The predicted octanol–water partition coefficient (Wildman–Crippen LogP) is 22.5. The third-order valence-electron chi connectivity index (χ3n) is 13.6. The van der Waals surface area contributed by atoms with E-state index in [0.717, 1.165) is 154 Å². The fourth-order valence-electron chi connectivity index (χ4n) is 8.79. The monoisotopic (exact) mass is 1090 g/mol. The van der Waals surface area contributed by atoms with Gasteiger partial charge in [-0.1, -0.05) is 276 Å². The Hall–Kier alpha value is -4.45. The Bertz CT molecular complexity index is 1680. The first kappa shape index (κ1) is 74.5. The Balaban J connectivity index is 4.31. The molecule has 0 radical (unpaired) electrons. The van der Waals surface area contributed by atoms with Gasteiger partial charge in [0, 0.05) is 19.3 Å². The van der Waals surface area contributed by atoms with Crippen molar-refractivity contribution in [3.63, 3.8) is 0 Å². The molecule has 0 aliphatic rings. The second kappa shape index (κ2) is 66.1. The van der Waals surface area contributed by atoms with Crippen molar-refractivity contribution in [1.29, 1.82) is 0 Å². The van der Waals surface area contributed by atoms with Crippen LogP contribution in [0.5, 0.6) is 0 Å². The molecule has 0 aliphatic heterocycles.